The lowest BCUT2D eigenvalue weighted by molar-refractivity contribution is -0.0246. The van der Waals surface area contributed by atoms with E-state index in [0.717, 1.165) is 19.6 Å². The third-order valence-electron chi connectivity index (χ3n) is 3.40. The van der Waals surface area contributed by atoms with Gasteiger partial charge in [0.05, 0.1) is 12.7 Å². The predicted molar refractivity (Wildman–Crippen MR) is 75.4 cm³/mol. The standard InChI is InChI=1S/C14H19N3O4/c1-2-17-5-6-21-11(9-17)8-16-13(18)10-3-4-15-12(7-10)14(19)20/h3-4,7,11H,2,5-6,8-9H2,1H3,(H,16,18)(H,19,20). The van der Waals surface area contributed by atoms with Crippen molar-refractivity contribution >= 4 is 11.9 Å². The van der Waals surface area contributed by atoms with Crippen LogP contribution in [0.5, 0.6) is 0 Å². The van der Waals surface area contributed by atoms with Gasteiger partial charge in [-0.15, -0.1) is 0 Å². The summed E-state index contributed by atoms with van der Waals surface area (Å²) in [6.45, 7) is 5.80. The van der Waals surface area contributed by atoms with Crippen LogP contribution in [0, 0.1) is 0 Å². The number of rotatable bonds is 5. The van der Waals surface area contributed by atoms with Gasteiger partial charge in [-0.1, -0.05) is 6.92 Å². The number of carbonyl (C=O) groups is 2. The smallest absolute Gasteiger partial charge is 0.354 e. The molecule has 1 amide bonds. The maximum atomic E-state index is 12.0. The van der Waals surface area contributed by atoms with Gasteiger partial charge in [-0.05, 0) is 18.7 Å². The van der Waals surface area contributed by atoms with Gasteiger partial charge < -0.3 is 15.2 Å². The molecule has 0 spiro atoms. The predicted octanol–water partition coefficient (Wildman–Crippen LogP) is 0.230. The molecule has 1 aliphatic heterocycles. The topological polar surface area (TPSA) is 91.8 Å². The molecule has 1 saturated heterocycles. The molecule has 2 heterocycles. The van der Waals surface area contributed by atoms with Crippen molar-refractivity contribution in [1.82, 2.24) is 15.2 Å². The number of hydrogen-bond donors (Lipinski definition) is 2. The highest BCUT2D eigenvalue weighted by atomic mass is 16.5. The molecule has 0 bridgehead atoms. The Bertz CT molecular complexity index is 521. The van der Waals surface area contributed by atoms with Crippen molar-refractivity contribution in [3.8, 4) is 0 Å². The van der Waals surface area contributed by atoms with E-state index in [2.05, 4.69) is 22.1 Å². The second-order valence-electron chi connectivity index (χ2n) is 4.83. The summed E-state index contributed by atoms with van der Waals surface area (Å²) in [6.07, 6.45) is 1.28. The Balaban J connectivity index is 1.89. The van der Waals surface area contributed by atoms with Gasteiger partial charge in [0.2, 0.25) is 0 Å². The number of carboxylic acid groups (broad SMARTS) is 1. The molecule has 1 aromatic rings. The molecule has 7 heteroatoms. The Labute approximate surface area is 122 Å². The van der Waals surface area contributed by atoms with Crippen molar-refractivity contribution in [2.24, 2.45) is 0 Å². The molecule has 0 aliphatic carbocycles. The summed E-state index contributed by atoms with van der Waals surface area (Å²) < 4.78 is 5.60. The van der Waals surface area contributed by atoms with Gasteiger partial charge >= 0.3 is 5.97 Å². The molecular weight excluding hydrogens is 274 g/mol. The average Bonchev–Trinajstić information content (AvgIpc) is 2.53. The van der Waals surface area contributed by atoms with E-state index in [9.17, 15) is 9.59 Å². The molecule has 1 fully saturated rings. The van der Waals surface area contributed by atoms with Gasteiger partial charge in [0.25, 0.3) is 5.91 Å². The zero-order chi connectivity index (χ0) is 15.2. The second kappa shape index (κ2) is 7.14. The number of carboxylic acids is 1. The zero-order valence-electron chi connectivity index (χ0n) is 11.9. The molecule has 0 aromatic carbocycles. The highest BCUT2D eigenvalue weighted by Crippen LogP contribution is 2.05. The lowest BCUT2D eigenvalue weighted by atomic mass is 10.2. The SMILES string of the molecule is CCN1CCOC(CNC(=O)c2ccnc(C(=O)O)c2)C1. The minimum absolute atomic E-state index is 0.0385. The number of nitrogens with one attached hydrogen (secondary N) is 1. The lowest BCUT2D eigenvalue weighted by Crippen LogP contribution is -2.47. The molecule has 2 rings (SSSR count). The minimum Gasteiger partial charge on any atom is -0.477 e. The molecule has 1 aromatic heterocycles. The number of hydrogen-bond acceptors (Lipinski definition) is 5. The molecular formula is C14H19N3O4. The Morgan fingerprint density at radius 3 is 3.10 bits per heavy atom. The van der Waals surface area contributed by atoms with Crippen molar-refractivity contribution < 1.29 is 19.4 Å². The molecule has 2 N–H and O–H groups in total. The van der Waals surface area contributed by atoms with E-state index in [1.54, 1.807) is 0 Å². The Kier molecular flexibility index (Phi) is 5.24. The van der Waals surface area contributed by atoms with Crippen molar-refractivity contribution in [3.05, 3.63) is 29.6 Å². The van der Waals surface area contributed by atoms with Crippen LogP contribution in [-0.2, 0) is 4.74 Å². The number of pyridine rings is 1. The first-order chi connectivity index (χ1) is 10.1. The van der Waals surface area contributed by atoms with E-state index in [-0.39, 0.29) is 23.3 Å². The number of carbonyl (C=O) groups excluding carboxylic acids is 1. The monoisotopic (exact) mass is 293 g/mol. The van der Waals surface area contributed by atoms with Gasteiger partial charge in [0, 0.05) is 31.4 Å². The van der Waals surface area contributed by atoms with Crippen molar-refractivity contribution in [1.29, 1.82) is 0 Å². The van der Waals surface area contributed by atoms with E-state index >= 15 is 0 Å². The first kappa shape index (κ1) is 15.4. The van der Waals surface area contributed by atoms with Crippen molar-refractivity contribution in [3.63, 3.8) is 0 Å². The van der Waals surface area contributed by atoms with Crippen LogP contribution in [0.15, 0.2) is 18.3 Å². The van der Waals surface area contributed by atoms with Crippen LogP contribution in [0.25, 0.3) is 0 Å². The van der Waals surface area contributed by atoms with Crippen LogP contribution in [-0.4, -0.2) is 65.8 Å². The maximum Gasteiger partial charge on any atom is 0.354 e. The summed E-state index contributed by atoms with van der Waals surface area (Å²) in [5, 5.41) is 11.6. The largest absolute Gasteiger partial charge is 0.477 e. The molecule has 1 atom stereocenters. The van der Waals surface area contributed by atoms with Crippen LogP contribution in [0.1, 0.15) is 27.8 Å². The highest BCUT2D eigenvalue weighted by molar-refractivity contribution is 5.96. The van der Waals surface area contributed by atoms with Crippen LogP contribution >= 0.6 is 0 Å². The fourth-order valence-electron chi connectivity index (χ4n) is 2.19. The summed E-state index contributed by atoms with van der Waals surface area (Å²) in [5.41, 5.74) is 0.138. The van der Waals surface area contributed by atoms with Crippen LogP contribution in [0.4, 0.5) is 0 Å². The number of likely N-dealkylation sites (N-methyl/N-ethyl adjacent to an activating group) is 1. The Morgan fingerprint density at radius 1 is 1.57 bits per heavy atom. The molecule has 1 aliphatic rings. The molecule has 114 valence electrons. The quantitative estimate of drug-likeness (QED) is 0.807. The molecule has 1 unspecified atom stereocenters. The van der Waals surface area contributed by atoms with Gasteiger partial charge in [-0.2, -0.15) is 0 Å². The summed E-state index contributed by atoms with van der Waals surface area (Å²) in [6, 6.07) is 2.75. The number of morpholine rings is 1. The molecule has 0 radical (unpaired) electrons. The summed E-state index contributed by atoms with van der Waals surface area (Å²) in [7, 11) is 0. The van der Waals surface area contributed by atoms with Gasteiger partial charge in [-0.3, -0.25) is 9.69 Å². The third-order valence-corrected chi connectivity index (χ3v) is 3.40. The van der Waals surface area contributed by atoms with E-state index in [4.69, 9.17) is 9.84 Å². The number of ether oxygens (including phenoxy) is 1. The third kappa shape index (κ3) is 4.24. The molecule has 0 saturated carbocycles. The minimum atomic E-state index is -1.15. The van der Waals surface area contributed by atoms with Crippen LogP contribution < -0.4 is 5.32 Å². The van der Waals surface area contributed by atoms with Crippen molar-refractivity contribution in [2.75, 3.05) is 32.8 Å². The average molecular weight is 293 g/mol. The second-order valence-corrected chi connectivity index (χ2v) is 4.83. The summed E-state index contributed by atoms with van der Waals surface area (Å²) in [5.74, 6) is -1.48. The maximum absolute atomic E-state index is 12.0. The summed E-state index contributed by atoms with van der Waals surface area (Å²) in [4.78, 5) is 28.8. The molecule has 21 heavy (non-hydrogen) atoms. The Hall–Kier alpha value is -1.99. The number of aromatic nitrogens is 1. The number of nitrogens with zero attached hydrogens (tertiary/aromatic N) is 2. The first-order valence-corrected chi connectivity index (χ1v) is 6.91. The summed E-state index contributed by atoms with van der Waals surface area (Å²) >= 11 is 0. The van der Waals surface area contributed by atoms with Crippen LogP contribution in [0.2, 0.25) is 0 Å². The number of aromatic carboxylic acids is 1. The molecule has 7 nitrogen and oxygen atoms in total. The highest BCUT2D eigenvalue weighted by Gasteiger charge is 2.20. The Morgan fingerprint density at radius 2 is 2.38 bits per heavy atom. The normalized spacial score (nSPS) is 19.2. The van der Waals surface area contributed by atoms with Gasteiger partial charge in [0.1, 0.15) is 5.69 Å². The van der Waals surface area contributed by atoms with E-state index < -0.39 is 5.97 Å². The van der Waals surface area contributed by atoms with Crippen LogP contribution in [0.3, 0.4) is 0 Å². The fourth-order valence-corrected chi connectivity index (χ4v) is 2.19. The number of amides is 1. The van der Waals surface area contributed by atoms with E-state index in [1.807, 2.05) is 0 Å². The zero-order valence-corrected chi connectivity index (χ0v) is 11.9. The van der Waals surface area contributed by atoms with Crippen molar-refractivity contribution in [2.45, 2.75) is 13.0 Å². The van der Waals surface area contributed by atoms with E-state index in [0.29, 0.717) is 13.2 Å². The van der Waals surface area contributed by atoms with E-state index in [1.165, 1.54) is 18.3 Å². The van der Waals surface area contributed by atoms with Gasteiger partial charge in [-0.25, -0.2) is 9.78 Å². The first-order valence-electron chi connectivity index (χ1n) is 6.91. The van der Waals surface area contributed by atoms with Gasteiger partial charge in [0.15, 0.2) is 0 Å². The lowest BCUT2D eigenvalue weighted by Gasteiger charge is -2.32. The fraction of sp³-hybridized carbons (Fsp3) is 0.500.